The Morgan fingerprint density at radius 3 is 2.75 bits per heavy atom. The van der Waals surface area contributed by atoms with Crippen molar-refractivity contribution in [3.63, 3.8) is 0 Å². The van der Waals surface area contributed by atoms with Crippen molar-refractivity contribution in [2.75, 3.05) is 13.2 Å². The van der Waals surface area contributed by atoms with E-state index in [1.165, 1.54) is 5.56 Å². The summed E-state index contributed by atoms with van der Waals surface area (Å²) in [4.78, 5) is 7.09. The summed E-state index contributed by atoms with van der Waals surface area (Å²) >= 11 is 0. The number of nitrogens with one attached hydrogen (secondary N) is 2. The lowest BCUT2D eigenvalue weighted by Crippen LogP contribution is -2.17. The highest BCUT2D eigenvalue weighted by atomic mass is 35.5. The fraction of sp³-hybridized carbons (Fsp3) is 0.357. The summed E-state index contributed by atoms with van der Waals surface area (Å²) in [6.07, 6.45) is 4.52. The molecule has 1 heterocycles. The highest BCUT2D eigenvalue weighted by molar-refractivity contribution is 5.85. The lowest BCUT2D eigenvalue weighted by atomic mass is 10.2. The molecule has 0 aliphatic heterocycles. The summed E-state index contributed by atoms with van der Waals surface area (Å²) in [6, 6.07) is 8.14. The van der Waals surface area contributed by atoms with E-state index in [1.807, 2.05) is 31.3 Å². The second-order valence-electron chi connectivity index (χ2n) is 4.04. The molecule has 2 N–H and O–H groups in total. The standard InChI is InChI=1S/C14H19N3O.2ClH/c1-2-18-14-6-4-3-5-12(14)9-15-8-7-13-10-16-11-17-13;;/h3-6,10-11,15H,2,7-9H2,1H3,(H,16,17);2*1H. The van der Waals surface area contributed by atoms with Crippen molar-refractivity contribution in [3.8, 4) is 5.75 Å². The van der Waals surface area contributed by atoms with Crippen LogP contribution in [-0.2, 0) is 13.0 Å². The molecule has 1 aromatic heterocycles. The summed E-state index contributed by atoms with van der Waals surface area (Å²) in [5, 5.41) is 3.41. The molecule has 0 spiro atoms. The van der Waals surface area contributed by atoms with Crippen molar-refractivity contribution >= 4 is 24.8 Å². The maximum atomic E-state index is 5.58. The third kappa shape index (κ3) is 5.82. The van der Waals surface area contributed by atoms with Crippen LogP contribution in [0.3, 0.4) is 0 Å². The maximum Gasteiger partial charge on any atom is 0.123 e. The van der Waals surface area contributed by atoms with Crippen LogP contribution in [0.25, 0.3) is 0 Å². The van der Waals surface area contributed by atoms with Gasteiger partial charge in [0.15, 0.2) is 0 Å². The van der Waals surface area contributed by atoms with Gasteiger partial charge in [0, 0.05) is 37.0 Å². The smallest absolute Gasteiger partial charge is 0.123 e. The van der Waals surface area contributed by atoms with E-state index < -0.39 is 0 Å². The van der Waals surface area contributed by atoms with Gasteiger partial charge >= 0.3 is 0 Å². The summed E-state index contributed by atoms with van der Waals surface area (Å²) < 4.78 is 5.58. The number of H-pyrrole nitrogens is 1. The topological polar surface area (TPSA) is 49.9 Å². The van der Waals surface area contributed by atoms with Crippen molar-refractivity contribution < 1.29 is 4.74 Å². The maximum absolute atomic E-state index is 5.58. The average Bonchev–Trinajstić information content (AvgIpc) is 2.90. The molecule has 0 bridgehead atoms. The molecule has 0 fully saturated rings. The summed E-state index contributed by atoms with van der Waals surface area (Å²) in [7, 11) is 0. The number of para-hydroxylation sites is 1. The Balaban J connectivity index is 0.00000180. The van der Waals surface area contributed by atoms with E-state index in [1.54, 1.807) is 6.33 Å². The average molecular weight is 318 g/mol. The third-order valence-electron chi connectivity index (χ3n) is 2.71. The first kappa shape index (κ1) is 18.8. The molecule has 2 rings (SSSR count). The van der Waals surface area contributed by atoms with Crippen molar-refractivity contribution in [2.24, 2.45) is 0 Å². The molecule has 6 heteroatoms. The van der Waals surface area contributed by atoms with Crippen LogP contribution < -0.4 is 10.1 Å². The van der Waals surface area contributed by atoms with Gasteiger partial charge in [-0.05, 0) is 13.0 Å². The van der Waals surface area contributed by atoms with Gasteiger partial charge in [0.1, 0.15) is 5.75 Å². The number of hydrogen-bond donors (Lipinski definition) is 2. The lowest BCUT2D eigenvalue weighted by Gasteiger charge is -2.10. The molecule has 0 saturated carbocycles. The Hall–Kier alpha value is -1.23. The quantitative estimate of drug-likeness (QED) is 0.772. The van der Waals surface area contributed by atoms with Crippen LogP contribution in [0.5, 0.6) is 5.75 Å². The Labute approximate surface area is 132 Å². The van der Waals surface area contributed by atoms with Gasteiger partial charge in [-0.1, -0.05) is 18.2 Å². The number of hydrogen-bond acceptors (Lipinski definition) is 3. The van der Waals surface area contributed by atoms with Gasteiger partial charge in [0.05, 0.1) is 12.9 Å². The van der Waals surface area contributed by atoms with Crippen LogP contribution >= 0.6 is 24.8 Å². The Bertz CT molecular complexity index is 463. The third-order valence-corrected chi connectivity index (χ3v) is 2.71. The molecule has 4 nitrogen and oxygen atoms in total. The molecule has 2 aromatic rings. The summed E-state index contributed by atoms with van der Waals surface area (Å²) in [5.74, 6) is 0.967. The van der Waals surface area contributed by atoms with E-state index in [0.29, 0.717) is 6.61 Å². The molecule has 20 heavy (non-hydrogen) atoms. The molecule has 1 aromatic carbocycles. The number of halogens is 2. The molecule has 0 unspecified atom stereocenters. The first-order valence-corrected chi connectivity index (χ1v) is 6.29. The number of rotatable bonds is 7. The molecule has 0 saturated heterocycles. The van der Waals surface area contributed by atoms with E-state index >= 15 is 0 Å². The van der Waals surface area contributed by atoms with Gasteiger partial charge in [0.25, 0.3) is 0 Å². The lowest BCUT2D eigenvalue weighted by molar-refractivity contribution is 0.335. The van der Waals surface area contributed by atoms with Crippen LogP contribution in [-0.4, -0.2) is 23.1 Å². The Morgan fingerprint density at radius 1 is 1.25 bits per heavy atom. The highest BCUT2D eigenvalue weighted by Crippen LogP contribution is 2.17. The van der Waals surface area contributed by atoms with E-state index in [0.717, 1.165) is 31.0 Å². The molecule has 0 atom stereocenters. The highest BCUT2D eigenvalue weighted by Gasteiger charge is 2.01. The Morgan fingerprint density at radius 2 is 2.05 bits per heavy atom. The molecular weight excluding hydrogens is 297 g/mol. The largest absolute Gasteiger partial charge is 0.494 e. The number of benzene rings is 1. The number of imidazole rings is 1. The zero-order valence-corrected chi connectivity index (χ0v) is 13.1. The number of aromatic amines is 1. The fourth-order valence-corrected chi connectivity index (χ4v) is 1.81. The molecule has 0 aliphatic rings. The van der Waals surface area contributed by atoms with Crippen LogP contribution in [0, 0.1) is 0 Å². The van der Waals surface area contributed by atoms with Crippen molar-refractivity contribution in [2.45, 2.75) is 19.9 Å². The molecule has 112 valence electrons. The minimum Gasteiger partial charge on any atom is -0.494 e. The van der Waals surface area contributed by atoms with Gasteiger partial charge in [0.2, 0.25) is 0 Å². The minimum absolute atomic E-state index is 0. The van der Waals surface area contributed by atoms with Gasteiger partial charge in [-0.3, -0.25) is 0 Å². The number of nitrogens with zero attached hydrogens (tertiary/aromatic N) is 1. The summed E-state index contributed by atoms with van der Waals surface area (Å²) in [5.41, 5.74) is 2.35. The second kappa shape index (κ2) is 10.5. The predicted octanol–water partition coefficient (Wildman–Crippen LogP) is 2.98. The molecule has 0 amide bonds. The molecular formula is C14H21Cl2N3O. The first-order valence-electron chi connectivity index (χ1n) is 6.29. The minimum atomic E-state index is 0. The van der Waals surface area contributed by atoms with Crippen LogP contribution in [0.2, 0.25) is 0 Å². The molecule has 0 radical (unpaired) electrons. The second-order valence-corrected chi connectivity index (χ2v) is 4.04. The zero-order chi connectivity index (χ0) is 12.6. The van der Waals surface area contributed by atoms with Crippen LogP contribution in [0.15, 0.2) is 36.8 Å². The SMILES string of the molecule is CCOc1ccccc1CNCCc1cnc[nH]1.Cl.Cl. The zero-order valence-electron chi connectivity index (χ0n) is 11.5. The monoisotopic (exact) mass is 317 g/mol. The number of aromatic nitrogens is 2. The van der Waals surface area contributed by atoms with E-state index in [2.05, 4.69) is 21.4 Å². The first-order chi connectivity index (χ1) is 8.90. The van der Waals surface area contributed by atoms with Gasteiger partial charge < -0.3 is 15.0 Å². The van der Waals surface area contributed by atoms with Crippen LogP contribution in [0.4, 0.5) is 0 Å². The number of ether oxygens (including phenoxy) is 1. The van der Waals surface area contributed by atoms with Gasteiger partial charge in [-0.2, -0.15) is 0 Å². The molecule has 0 aliphatic carbocycles. The predicted molar refractivity (Wildman–Crippen MR) is 86.1 cm³/mol. The van der Waals surface area contributed by atoms with Crippen LogP contribution in [0.1, 0.15) is 18.2 Å². The van der Waals surface area contributed by atoms with Crippen molar-refractivity contribution in [1.82, 2.24) is 15.3 Å². The normalized spacial score (nSPS) is 9.45. The van der Waals surface area contributed by atoms with E-state index in [9.17, 15) is 0 Å². The Kier molecular flexibility index (Phi) is 9.90. The van der Waals surface area contributed by atoms with E-state index in [-0.39, 0.29) is 24.8 Å². The van der Waals surface area contributed by atoms with Gasteiger partial charge in [-0.15, -0.1) is 24.8 Å². The van der Waals surface area contributed by atoms with Crippen molar-refractivity contribution in [1.29, 1.82) is 0 Å². The van der Waals surface area contributed by atoms with Gasteiger partial charge in [-0.25, -0.2) is 4.98 Å². The van der Waals surface area contributed by atoms with Crippen molar-refractivity contribution in [3.05, 3.63) is 48.0 Å². The fourth-order valence-electron chi connectivity index (χ4n) is 1.81. The summed E-state index contributed by atoms with van der Waals surface area (Å²) in [6.45, 7) is 4.45. The van der Waals surface area contributed by atoms with E-state index in [4.69, 9.17) is 4.74 Å².